The zero-order valence-electron chi connectivity index (χ0n) is 34.7. The van der Waals surface area contributed by atoms with E-state index in [0.29, 0.717) is 4.90 Å². The number of hydrogen-bond donors (Lipinski definition) is 5. The lowest BCUT2D eigenvalue weighted by atomic mass is 9.90. The molecule has 0 spiro atoms. The lowest BCUT2D eigenvalue weighted by Gasteiger charge is -2.46. The fraction of sp³-hybridized carbons (Fsp3) is 0.853. The molecule has 0 aromatic heterocycles. The molecule has 2 amide bonds. The summed E-state index contributed by atoms with van der Waals surface area (Å²) in [5.74, 6) is -56.0. The first-order chi connectivity index (χ1) is 30.4. The van der Waals surface area contributed by atoms with Gasteiger partial charge in [0.05, 0.1) is 25.7 Å². The van der Waals surface area contributed by atoms with Crippen molar-refractivity contribution in [1.29, 1.82) is 0 Å². The van der Waals surface area contributed by atoms with Gasteiger partial charge in [0.25, 0.3) is 0 Å². The van der Waals surface area contributed by atoms with Gasteiger partial charge in [0, 0.05) is 104 Å². The topological polar surface area (TPSA) is 198 Å². The number of aliphatic carboxylic acids is 3. The minimum absolute atomic E-state index is 0.103. The minimum Gasteiger partial charge on any atom is -0.480 e. The Kier molecular flexibility index (Phi) is 19.9. The molecular weight excluding hydrogens is 973 g/mol. The number of carboxylic acid groups (broad SMARTS) is 3. The quantitative estimate of drug-likeness (QED) is 0.0830. The molecule has 2 saturated heterocycles. The van der Waals surface area contributed by atoms with Crippen molar-refractivity contribution in [3.8, 4) is 0 Å². The van der Waals surface area contributed by atoms with Gasteiger partial charge in [-0.3, -0.25) is 43.6 Å². The Balaban J connectivity index is 1.99. The number of hydrogen-bond acceptors (Lipinski definition) is 11. The summed E-state index contributed by atoms with van der Waals surface area (Å²) in [6.07, 6.45) is -10.5. The third-order valence-electron chi connectivity index (χ3n) is 10.5. The number of amides is 2. The molecule has 2 heterocycles. The van der Waals surface area contributed by atoms with E-state index < -0.39 is 154 Å². The molecule has 0 bridgehead atoms. The maximum atomic E-state index is 14.7. The zero-order chi connectivity index (χ0) is 51.8. The van der Waals surface area contributed by atoms with E-state index in [0.717, 1.165) is 0 Å². The summed E-state index contributed by atoms with van der Waals surface area (Å²) in [5, 5.41) is 41.0. The van der Waals surface area contributed by atoms with Gasteiger partial charge in [0.1, 0.15) is 0 Å². The van der Waals surface area contributed by atoms with Crippen molar-refractivity contribution >= 4 is 29.7 Å². The standard InChI is InChI=1S/C34H46F17N7O9/c35-27(36,29(39,40)31(43,44)33(47,48)49)28(37,38)30(41,42)32(45,46)34(50,51)58-14-12-57(13-15-58)23(61)3-1-2-22(60)52-16-21(59)17-53-4-6-54(18-24(62)63)8-10-56(20-26(66)67)11-9-55(7-5-53)19-25(64)65/h21,59H,1-20H2,(H,52,60)(H,62,63)(H,64,65)(H,66,67). The highest BCUT2D eigenvalue weighted by Gasteiger charge is 2.95. The molecular formula is C34H46F17N7O9. The second-order valence-corrected chi connectivity index (χ2v) is 15.5. The second kappa shape index (κ2) is 22.6. The summed E-state index contributed by atoms with van der Waals surface area (Å²) in [6, 6.07) is -6.74. The van der Waals surface area contributed by atoms with Crippen LogP contribution in [0.2, 0.25) is 0 Å². The zero-order valence-corrected chi connectivity index (χ0v) is 34.7. The fourth-order valence-electron chi connectivity index (χ4n) is 6.64. The van der Waals surface area contributed by atoms with Gasteiger partial charge >= 0.3 is 65.7 Å². The number of β-amino-alcohol motifs (C(OH)–C–C–N with tert-alkyl or cyclic N) is 1. The van der Waals surface area contributed by atoms with E-state index in [2.05, 4.69) is 5.32 Å². The molecule has 16 nitrogen and oxygen atoms in total. The number of rotatable bonds is 21. The average molecular weight is 1020 g/mol. The first-order valence-corrected chi connectivity index (χ1v) is 19.6. The molecule has 67 heavy (non-hydrogen) atoms. The van der Waals surface area contributed by atoms with Crippen LogP contribution < -0.4 is 5.32 Å². The Morgan fingerprint density at radius 1 is 0.463 bits per heavy atom. The average Bonchev–Trinajstić information content (AvgIpc) is 3.19. The molecule has 2 rings (SSSR count). The Morgan fingerprint density at radius 2 is 0.806 bits per heavy atom. The van der Waals surface area contributed by atoms with Gasteiger partial charge in [0.2, 0.25) is 11.8 Å². The molecule has 0 aromatic rings. The van der Waals surface area contributed by atoms with Crippen molar-refractivity contribution in [2.24, 2.45) is 0 Å². The number of carbonyl (C=O) groups excluding carboxylic acids is 2. The highest BCUT2D eigenvalue weighted by Crippen LogP contribution is 2.64. The number of nitrogens with one attached hydrogen (secondary N) is 1. The summed E-state index contributed by atoms with van der Waals surface area (Å²) in [6.45, 7) is -6.40. The third-order valence-corrected chi connectivity index (χ3v) is 10.5. The van der Waals surface area contributed by atoms with E-state index >= 15 is 0 Å². The maximum absolute atomic E-state index is 14.7. The van der Waals surface area contributed by atoms with Crippen molar-refractivity contribution in [2.75, 3.05) is 111 Å². The Hall–Kier alpha value is -4.08. The molecule has 2 aliphatic heterocycles. The highest BCUT2D eigenvalue weighted by molar-refractivity contribution is 5.79. The van der Waals surface area contributed by atoms with Gasteiger partial charge in [-0.25, -0.2) is 4.90 Å². The number of alkyl halides is 17. The van der Waals surface area contributed by atoms with E-state index in [9.17, 15) is 119 Å². The van der Waals surface area contributed by atoms with E-state index in [1.807, 2.05) is 0 Å². The fourth-order valence-corrected chi connectivity index (χ4v) is 6.64. The van der Waals surface area contributed by atoms with Crippen LogP contribution >= 0.6 is 0 Å². The summed E-state index contributed by atoms with van der Waals surface area (Å²) in [5.41, 5.74) is 0. The van der Waals surface area contributed by atoms with Crippen LogP contribution in [0, 0.1) is 0 Å². The molecule has 2 fully saturated rings. The Morgan fingerprint density at radius 3 is 1.16 bits per heavy atom. The van der Waals surface area contributed by atoms with E-state index in [1.54, 1.807) is 4.90 Å². The van der Waals surface area contributed by atoms with Crippen LogP contribution in [0.25, 0.3) is 0 Å². The summed E-state index contributed by atoms with van der Waals surface area (Å²) in [7, 11) is 0. The van der Waals surface area contributed by atoms with Gasteiger partial charge < -0.3 is 30.6 Å². The number of aliphatic hydroxyl groups excluding tert-OH is 1. The van der Waals surface area contributed by atoms with Crippen LogP contribution in [0.5, 0.6) is 0 Å². The van der Waals surface area contributed by atoms with Gasteiger partial charge in [-0.15, -0.1) is 0 Å². The molecule has 33 heteroatoms. The lowest BCUT2D eigenvalue weighted by Crippen LogP contribution is -2.76. The molecule has 390 valence electrons. The Labute approximate surface area is 368 Å². The number of halogens is 17. The Bertz CT molecular complexity index is 1680. The van der Waals surface area contributed by atoms with Gasteiger partial charge in [-0.2, -0.15) is 74.6 Å². The maximum Gasteiger partial charge on any atom is 0.460 e. The predicted octanol–water partition coefficient (Wildman–Crippen LogP) is 2.22. The summed E-state index contributed by atoms with van der Waals surface area (Å²) in [4.78, 5) is 65.1. The lowest BCUT2D eigenvalue weighted by molar-refractivity contribution is -0.468. The SMILES string of the molecule is O=C(O)CN1CCN(CC(=O)O)CCN(CC(O)CNC(=O)CCCC(=O)N2CCN(C(F)(F)C(F)(F)C(F)(F)C(F)(F)C(F)(F)C(F)(F)C(F)(F)C(F)(F)F)CC2)CCN(CC(=O)O)CC1. The van der Waals surface area contributed by atoms with Crippen molar-refractivity contribution in [3.05, 3.63) is 0 Å². The monoisotopic (exact) mass is 1020 g/mol. The molecule has 0 saturated carbocycles. The molecule has 1 unspecified atom stereocenters. The smallest absolute Gasteiger partial charge is 0.460 e. The molecule has 1 atom stereocenters. The second-order valence-electron chi connectivity index (χ2n) is 15.5. The largest absolute Gasteiger partial charge is 0.480 e. The minimum atomic E-state index is -8.75. The summed E-state index contributed by atoms with van der Waals surface area (Å²) < 4.78 is 233. The number of piperazine rings is 1. The molecule has 0 radical (unpaired) electrons. The molecule has 5 N–H and O–H groups in total. The highest BCUT2D eigenvalue weighted by atomic mass is 19.4. The summed E-state index contributed by atoms with van der Waals surface area (Å²) >= 11 is 0. The van der Waals surface area contributed by atoms with E-state index in [1.165, 1.54) is 14.7 Å². The van der Waals surface area contributed by atoms with Crippen molar-refractivity contribution in [3.63, 3.8) is 0 Å². The van der Waals surface area contributed by atoms with Crippen molar-refractivity contribution < 1.29 is 119 Å². The van der Waals surface area contributed by atoms with Crippen LogP contribution in [0.1, 0.15) is 19.3 Å². The number of carbonyl (C=O) groups is 5. The predicted molar refractivity (Wildman–Crippen MR) is 190 cm³/mol. The van der Waals surface area contributed by atoms with Gasteiger partial charge in [-0.05, 0) is 6.42 Å². The molecule has 0 aromatic carbocycles. The van der Waals surface area contributed by atoms with Crippen LogP contribution in [0.3, 0.4) is 0 Å². The third kappa shape index (κ3) is 14.0. The number of carboxylic acids is 3. The normalized spacial score (nSPS) is 19.3. The van der Waals surface area contributed by atoms with Crippen molar-refractivity contribution in [1.82, 2.24) is 34.7 Å². The van der Waals surface area contributed by atoms with Gasteiger partial charge in [0.15, 0.2) is 0 Å². The van der Waals surface area contributed by atoms with Crippen molar-refractivity contribution in [2.45, 2.75) is 73.1 Å². The molecule has 2 aliphatic rings. The first kappa shape index (κ1) is 59.0. The van der Waals surface area contributed by atoms with Crippen LogP contribution in [-0.4, -0.2) is 245 Å². The van der Waals surface area contributed by atoms with Crippen LogP contribution in [0.15, 0.2) is 0 Å². The van der Waals surface area contributed by atoms with Crippen LogP contribution in [0.4, 0.5) is 74.6 Å². The van der Waals surface area contributed by atoms with E-state index in [-0.39, 0.29) is 65.3 Å². The molecule has 0 aliphatic carbocycles. The van der Waals surface area contributed by atoms with E-state index in [4.69, 9.17) is 0 Å². The first-order valence-electron chi connectivity index (χ1n) is 19.6. The number of nitrogens with zero attached hydrogens (tertiary/aromatic N) is 6. The number of aliphatic hydroxyl groups is 1. The van der Waals surface area contributed by atoms with Crippen LogP contribution in [-0.2, 0) is 24.0 Å². The van der Waals surface area contributed by atoms with Gasteiger partial charge in [-0.1, -0.05) is 0 Å².